The van der Waals surface area contributed by atoms with Gasteiger partial charge >= 0.3 is 30.9 Å². The number of ether oxygens (including phenoxy) is 1. The summed E-state index contributed by atoms with van der Waals surface area (Å²) in [6.07, 6.45) is -12.2. The lowest BCUT2D eigenvalue weighted by atomic mass is 9.84. The molecule has 4 rings (SSSR count). The van der Waals surface area contributed by atoms with Crippen LogP contribution in [-0.2, 0) is 19.9 Å². The van der Waals surface area contributed by atoms with Gasteiger partial charge in [0.25, 0.3) is 0 Å². The monoisotopic (exact) mass is 571 g/mol. The molecule has 2 atom stereocenters. The van der Waals surface area contributed by atoms with Gasteiger partial charge in [0.05, 0.1) is 11.7 Å². The Hall–Kier alpha value is -4.25. The molecule has 210 valence electrons. The Morgan fingerprint density at radius 2 is 1.90 bits per heavy atom. The summed E-state index contributed by atoms with van der Waals surface area (Å²) < 4.78 is 128. The predicted molar refractivity (Wildman–Crippen MR) is 110 cm³/mol. The third-order valence-electron chi connectivity index (χ3n) is 5.45. The number of nitrogens with zero attached hydrogens (tertiary/aromatic N) is 4. The Kier molecular flexibility index (Phi) is 6.99. The summed E-state index contributed by atoms with van der Waals surface area (Å²) in [5.41, 5.74) is -0.976. The van der Waals surface area contributed by atoms with E-state index in [1.54, 1.807) is 0 Å². The van der Waals surface area contributed by atoms with Gasteiger partial charge in [-0.2, -0.15) is 45.7 Å². The van der Waals surface area contributed by atoms with E-state index in [1.807, 2.05) is 0 Å². The first-order valence-electron chi connectivity index (χ1n) is 10.5. The molecule has 0 unspecified atom stereocenters. The minimum absolute atomic E-state index is 0.0412. The fraction of sp³-hybridized carbons (Fsp3) is 0.333. The van der Waals surface area contributed by atoms with Crippen LogP contribution in [0, 0.1) is 5.82 Å². The number of hydroxylamine groups is 1. The third kappa shape index (κ3) is 5.93. The van der Waals surface area contributed by atoms with Crippen molar-refractivity contribution in [2.75, 3.05) is 0 Å². The Labute approximate surface area is 211 Å². The van der Waals surface area contributed by atoms with Crippen LogP contribution in [0.4, 0.5) is 39.5 Å². The number of hydrogen-bond donors (Lipinski definition) is 1. The van der Waals surface area contributed by atoms with Gasteiger partial charge in [-0.3, -0.25) is 0 Å². The zero-order valence-electron chi connectivity index (χ0n) is 19.1. The van der Waals surface area contributed by atoms with Gasteiger partial charge in [0.15, 0.2) is 11.9 Å². The summed E-state index contributed by atoms with van der Waals surface area (Å²) in [6, 6.07) is 3.14. The molecule has 1 aromatic carbocycles. The van der Waals surface area contributed by atoms with Crippen LogP contribution in [0.25, 0.3) is 22.6 Å². The first-order valence-corrected chi connectivity index (χ1v) is 10.5. The molecule has 0 radical (unpaired) electrons. The number of hydrogen-bond acceptors (Lipinski definition) is 8. The van der Waals surface area contributed by atoms with E-state index in [9.17, 15) is 44.3 Å². The Balaban J connectivity index is 1.68. The highest BCUT2D eigenvalue weighted by Crippen LogP contribution is 2.42. The predicted octanol–water partition coefficient (Wildman–Crippen LogP) is 5.27. The van der Waals surface area contributed by atoms with Crippen molar-refractivity contribution in [3.05, 3.63) is 48.0 Å². The number of aromatic nitrogens is 3. The maximum Gasteiger partial charge on any atom is 0.493 e. The molecule has 39 heavy (non-hydrogen) atoms. The fourth-order valence-electron chi connectivity index (χ4n) is 3.60. The minimum Gasteiger partial charge on any atom is -0.450 e. The zero-order chi connectivity index (χ0) is 28.8. The number of alkyl halides is 8. The topological polar surface area (TPSA) is 104 Å². The molecule has 0 saturated heterocycles. The highest BCUT2D eigenvalue weighted by atomic mass is 19.4. The molecule has 0 bridgehead atoms. The number of halogens is 9. The average Bonchev–Trinajstić information content (AvgIpc) is 3.51. The summed E-state index contributed by atoms with van der Waals surface area (Å²) >= 11 is 0. The number of nitrogens with one attached hydrogen (secondary N) is 1. The minimum atomic E-state index is -5.48. The molecule has 9 nitrogen and oxygen atoms in total. The van der Waals surface area contributed by atoms with Gasteiger partial charge in [-0.25, -0.2) is 18.9 Å². The molecule has 0 spiro atoms. The van der Waals surface area contributed by atoms with E-state index in [0.717, 1.165) is 31.5 Å². The van der Waals surface area contributed by atoms with Crippen molar-refractivity contribution in [3.63, 3.8) is 0 Å². The number of rotatable bonds is 4. The van der Waals surface area contributed by atoms with E-state index < -0.39 is 60.3 Å². The molecule has 0 amide bonds. The van der Waals surface area contributed by atoms with E-state index in [-0.39, 0.29) is 22.6 Å². The average molecular weight is 571 g/mol. The summed E-state index contributed by atoms with van der Waals surface area (Å²) in [6.45, 7) is -1.86. The van der Waals surface area contributed by atoms with Crippen LogP contribution < -0.4 is 5.48 Å². The number of benzene rings is 1. The first-order chi connectivity index (χ1) is 18.1. The van der Waals surface area contributed by atoms with Crippen molar-refractivity contribution in [2.45, 2.75) is 43.9 Å². The molecule has 0 fully saturated rings. The first kappa shape index (κ1) is 27.8. The van der Waals surface area contributed by atoms with Crippen LogP contribution >= 0.6 is 0 Å². The van der Waals surface area contributed by atoms with Crippen LogP contribution in [0.5, 0.6) is 0 Å². The standard InChI is InChI=1S/C21H14F9N5O4/c1-19(6-15(20(25,26)27)37-18(32-19)34-39-16(36)21(28,29)30)11-4-9(2-3-12(11)22)14-5-13(33-38-14)10-7-31-35(8-10)17(23)24/h2-5,7-8,15,17H,6H2,1H3,(H,32,34)/t15-,19-/m0/s1. The van der Waals surface area contributed by atoms with Gasteiger partial charge in [0, 0.05) is 35.4 Å². The Morgan fingerprint density at radius 1 is 1.18 bits per heavy atom. The quantitative estimate of drug-likeness (QED) is 0.336. The van der Waals surface area contributed by atoms with Crippen molar-refractivity contribution in [1.29, 1.82) is 0 Å². The maximum absolute atomic E-state index is 14.9. The lowest BCUT2D eigenvalue weighted by Gasteiger charge is -2.36. The molecule has 1 aliphatic heterocycles. The highest BCUT2D eigenvalue weighted by Gasteiger charge is 2.51. The number of aliphatic imine (C=N–C) groups is 1. The van der Waals surface area contributed by atoms with E-state index in [2.05, 4.69) is 24.8 Å². The van der Waals surface area contributed by atoms with Crippen molar-refractivity contribution in [3.8, 4) is 22.6 Å². The van der Waals surface area contributed by atoms with E-state index >= 15 is 0 Å². The highest BCUT2D eigenvalue weighted by molar-refractivity contribution is 5.80. The summed E-state index contributed by atoms with van der Waals surface area (Å²) in [7, 11) is 0. The molecule has 0 saturated carbocycles. The van der Waals surface area contributed by atoms with Crippen molar-refractivity contribution in [1.82, 2.24) is 20.4 Å². The van der Waals surface area contributed by atoms with E-state index in [1.165, 1.54) is 17.6 Å². The van der Waals surface area contributed by atoms with Crippen LogP contribution in [-0.4, -0.2) is 45.4 Å². The summed E-state index contributed by atoms with van der Waals surface area (Å²) in [4.78, 5) is 18.4. The Morgan fingerprint density at radius 3 is 2.51 bits per heavy atom. The second-order valence-corrected chi connectivity index (χ2v) is 8.29. The fourth-order valence-corrected chi connectivity index (χ4v) is 3.60. The van der Waals surface area contributed by atoms with Crippen LogP contribution in [0.2, 0.25) is 0 Å². The van der Waals surface area contributed by atoms with Gasteiger partial charge in [-0.05, 0) is 25.1 Å². The van der Waals surface area contributed by atoms with Crippen molar-refractivity contribution >= 4 is 12.0 Å². The molecule has 0 aliphatic carbocycles. The zero-order valence-corrected chi connectivity index (χ0v) is 19.1. The molecular formula is C21H14F9N5O4. The number of amidine groups is 1. The third-order valence-corrected chi connectivity index (χ3v) is 5.45. The van der Waals surface area contributed by atoms with Crippen LogP contribution in [0.15, 0.2) is 46.2 Å². The molecule has 18 heteroatoms. The number of carbonyl (C=O) groups is 1. The van der Waals surface area contributed by atoms with Crippen molar-refractivity contribution < 1.29 is 58.4 Å². The SMILES string of the molecule is C[C@@]1(c2cc(-c3cc(-c4cnn(C(F)F)c4)no3)ccc2F)C[C@@H](C(F)(F)F)OC(NOC(=O)C(F)(F)F)=N1. The van der Waals surface area contributed by atoms with Crippen LogP contribution in [0.1, 0.15) is 25.5 Å². The lowest BCUT2D eigenvalue weighted by Crippen LogP contribution is -2.48. The van der Waals surface area contributed by atoms with Gasteiger partial charge in [0.1, 0.15) is 11.5 Å². The molecule has 1 aliphatic rings. The normalized spacial score (nSPS) is 20.0. The van der Waals surface area contributed by atoms with Crippen LogP contribution in [0.3, 0.4) is 0 Å². The van der Waals surface area contributed by atoms with Gasteiger partial charge in [-0.1, -0.05) is 5.16 Å². The molecule has 3 heterocycles. The summed E-state index contributed by atoms with van der Waals surface area (Å²) in [5, 5.41) is 7.18. The van der Waals surface area contributed by atoms with Gasteiger partial charge in [0.2, 0.25) is 0 Å². The van der Waals surface area contributed by atoms with E-state index in [0.29, 0.717) is 4.68 Å². The van der Waals surface area contributed by atoms with Gasteiger partial charge < -0.3 is 14.1 Å². The van der Waals surface area contributed by atoms with Gasteiger partial charge in [-0.15, -0.1) is 0 Å². The van der Waals surface area contributed by atoms with E-state index in [4.69, 9.17) is 4.52 Å². The lowest BCUT2D eigenvalue weighted by molar-refractivity contribution is -0.215. The molecule has 2 aromatic heterocycles. The second-order valence-electron chi connectivity index (χ2n) is 8.29. The maximum atomic E-state index is 14.9. The Bertz CT molecular complexity index is 1400. The smallest absolute Gasteiger partial charge is 0.450 e. The molecule has 1 N–H and O–H groups in total. The molecule has 3 aromatic rings. The molecular weight excluding hydrogens is 557 g/mol. The van der Waals surface area contributed by atoms with Crippen molar-refractivity contribution in [2.24, 2.45) is 4.99 Å². The summed E-state index contributed by atoms with van der Waals surface area (Å²) in [5.74, 6) is -3.88. The number of carbonyl (C=O) groups excluding carboxylic acids is 1. The largest absolute Gasteiger partial charge is 0.493 e. The second kappa shape index (κ2) is 9.81.